The molecule has 132 valence electrons. The minimum Gasteiger partial charge on any atom is -0.336 e. The Bertz CT molecular complexity index is 777. The van der Waals surface area contributed by atoms with Crippen molar-refractivity contribution in [1.29, 1.82) is 0 Å². The van der Waals surface area contributed by atoms with E-state index >= 15 is 0 Å². The van der Waals surface area contributed by atoms with Gasteiger partial charge in [0.2, 0.25) is 11.8 Å². The lowest BCUT2D eigenvalue weighted by Crippen LogP contribution is -2.36. The maximum Gasteiger partial charge on any atom is 0.244 e. The molecule has 9 heteroatoms. The number of benzene rings is 1. The second-order valence-electron chi connectivity index (χ2n) is 5.82. The first-order valence-electron chi connectivity index (χ1n) is 7.85. The number of likely N-dealkylation sites (N-methyl/N-ethyl adjacent to an activating group) is 1. The fourth-order valence-corrected chi connectivity index (χ4v) is 3.34. The number of carbonyl (C=O) groups excluding carboxylic acids is 2. The molecule has 0 bridgehead atoms. The smallest absolute Gasteiger partial charge is 0.244 e. The summed E-state index contributed by atoms with van der Waals surface area (Å²) in [6.45, 7) is -0.0417. The summed E-state index contributed by atoms with van der Waals surface area (Å²) in [5.74, 6) is -0.235. The fourth-order valence-electron chi connectivity index (χ4n) is 2.23. The van der Waals surface area contributed by atoms with E-state index in [1.54, 1.807) is 37.6 Å². The zero-order chi connectivity index (χ0) is 17.8. The van der Waals surface area contributed by atoms with Crippen molar-refractivity contribution >= 4 is 40.9 Å². The summed E-state index contributed by atoms with van der Waals surface area (Å²) in [4.78, 5) is 25.7. The topological polar surface area (TPSA) is 80.1 Å². The van der Waals surface area contributed by atoms with Crippen LogP contribution in [0, 0.1) is 0 Å². The molecular formula is C16H18ClN5O2S. The first kappa shape index (κ1) is 17.8. The molecule has 0 radical (unpaired) electrons. The van der Waals surface area contributed by atoms with Gasteiger partial charge in [0.1, 0.15) is 6.33 Å². The summed E-state index contributed by atoms with van der Waals surface area (Å²) in [5.41, 5.74) is 0.530. The highest BCUT2D eigenvalue weighted by Gasteiger charge is 2.26. The van der Waals surface area contributed by atoms with Gasteiger partial charge < -0.3 is 14.8 Å². The zero-order valence-corrected chi connectivity index (χ0v) is 15.3. The van der Waals surface area contributed by atoms with Crippen LogP contribution in [0.5, 0.6) is 0 Å². The van der Waals surface area contributed by atoms with Crippen molar-refractivity contribution in [3.63, 3.8) is 0 Å². The van der Waals surface area contributed by atoms with Gasteiger partial charge in [0.15, 0.2) is 5.16 Å². The number of amides is 2. The van der Waals surface area contributed by atoms with Gasteiger partial charge in [0.25, 0.3) is 0 Å². The van der Waals surface area contributed by atoms with E-state index in [1.807, 2.05) is 4.57 Å². The number of hydrogen-bond acceptors (Lipinski definition) is 5. The predicted molar refractivity (Wildman–Crippen MR) is 96.7 cm³/mol. The van der Waals surface area contributed by atoms with E-state index in [0.29, 0.717) is 16.8 Å². The molecule has 1 aromatic heterocycles. The van der Waals surface area contributed by atoms with Crippen LogP contribution in [0.25, 0.3) is 0 Å². The molecule has 3 rings (SSSR count). The van der Waals surface area contributed by atoms with Crippen LogP contribution in [0.2, 0.25) is 5.02 Å². The quantitative estimate of drug-likeness (QED) is 0.747. The summed E-state index contributed by atoms with van der Waals surface area (Å²) in [6.07, 6.45) is 3.95. The lowest BCUT2D eigenvalue weighted by atomic mass is 10.3. The first-order valence-corrected chi connectivity index (χ1v) is 9.21. The number of para-hydroxylation sites is 1. The van der Waals surface area contributed by atoms with Crippen molar-refractivity contribution in [3.8, 4) is 0 Å². The van der Waals surface area contributed by atoms with Crippen molar-refractivity contribution in [1.82, 2.24) is 19.7 Å². The number of carbonyl (C=O) groups is 2. The second-order valence-corrected chi connectivity index (χ2v) is 7.17. The van der Waals surface area contributed by atoms with Gasteiger partial charge in [0.05, 0.1) is 23.0 Å². The molecule has 1 heterocycles. The molecule has 2 amide bonds. The summed E-state index contributed by atoms with van der Waals surface area (Å²) in [7, 11) is 1.60. The van der Waals surface area contributed by atoms with Crippen molar-refractivity contribution in [2.24, 2.45) is 0 Å². The molecule has 1 saturated carbocycles. The van der Waals surface area contributed by atoms with Gasteiger partial charge in [0, 0.05) is 13.1 Å². The molecule has 2 aromatic rings. The van der Waals surface area contributed by atoms with Gasteiger partial charge in [-0.2, -0.15) is 0 Å². The molecule has 1 aromatic carbocycles. The number of anilines is 1. The van der Waals surface area contributed by atoms with Gasteiger partial charge in [-0.1, -0.05) is 35.5 Å². The molecule has 0 atom stereocenters. The van der Waals surface area contributed by atoms with Crippen LogP contribution in [-0.4, -0.2) is 50.8 Å². The van der Waals surface area contributed by atoms with E-state index in [1.165, 1.54) is 16.7 Å². The average molecular weight is 380 g/mol. The Labute approximate surface area is 154 Å². The van der Waals surface area contributed by atoms with Gasteiger partial charge in [-0.3, -0.25) is 9.59 Å². The van der Waals surface area contributed by atoms with Crippen LogP contribution in [-0.2, 0) is 9.59 Å². The number of halogens is 1. The molecular weight excluding hydrogens is 362 g/mol. The van der Waals surface area contributed by atoms with Crippen LogP contribution in [0.3, 0.4) is 0 Å². The lowest BCUT2D eigenvalue weighted by Gasteiger charge is -2.17. The Morgan fingerprint density at radius 3 is 2.88 bits per heavy atom. The van der Waals surface area contributed by atoms with Crippen molar-refractivity contribution in [2.45, 2.75) is 24.0 Å². The highest BCUT2D eigenvalue weighted by Crippen LogP contribution is 2.37. The first-order chi connectivity index (χ1) is 12.0. The van der Waals surface area contributed by atoms with E-state index < -0.39 is 0 Å². The fraction of sp³-hybridized carbons (Fsp3) is 0.375. The SMILES string of the molecule is CN(CC(=O)Nc1ccccc1Cl)C(=O)CSc1nncn1C1CC1. The van der Waals surface area contributed by atoms with Crippen molar-refractivity contribution in [2.75, 3.05) is 24.7 Å². The molecule has 1 N–H and O–H groups in total. The van der Waals surface area contributed by atoms with Crippen LogP contribution in [0.4, 0.5) is 5.69 Å². The van der Waals surface area contributed by atoms with Gasteiger partial charge in [-0.25, -0.2) is 0 Å². The van der Waals surface area contributed by atoms with Crippen LogP contribution in [0.1, 0.15) is 18.9 Å². The number of nitrogens with one attached hydrogen (secondary N) is 1. The van der Waals surface area contributed by atoms with Crippen LogP contribution in [0.15, 0.2) is 35.7 Å². The summed E-state index contributed by atoms with van der Waals surface area (Å²) in [6, 6.07) is 7.43. The third kappa shape index (κ3) is 4.73. The molecule has 1 aliphatic carbocycles. The van der Waals surface area contributed by atoms with Gasteiger partial charge in [-0.15, -0.1) is 10.2 Å². The van der Waals surface area contributed by atoms with Crippen LogP contribution >= 0.6 is 23.4 Å². The molecule has 0 aliphatic heterocycles. The molecule has 7 nitrogen and oxygen atoms in total. The van der Waals surface area contributed by atoms with Gasteiger partial charge in [-0.05, 0) is 25.0 Å². The number of hydrogen-bond donors (Lipinski definition) is 1. The van der Waals surface area contributed by atoms with Crippen LogP contribution < -0.4 is 5.32 Å². The van der Waals surface area contributed by atoms with E-state index in [9.17, 15) is 9.59 Å². The molecule has 0 saturated heterocycles. The average Bonchev–Trinajstić information content (AvgIpc) is 3.33. The minimum atomic E-state index is -0.296. The normalized spacial score (nSPS) is 13.5. The lowest BCUT2D eigenvalue weighted by molar-refractivity contribution is -0.131. The predicted octanol–water partition coefficient (Wildman–Crippen LogP) is 2.46. The van der Waals surface area contributed by atoms with Crippen molar-refractivity contribution < 1.29 is 9.59 Å². The highest BCUT2D eigenvalue weighted by molar-refractivity contribution is 7.99. The molecule has 1 fully saturated rings. The molecule has 25 heavy (non-hydrogen) atoms. The summed E-state index contributed by atoms with van der Waals surface area (Å²) >= 11 is 7.34. The number of nitrogens with zero attached hydrogens (tertiary/aromatic N) is 4. The Kier molecular flexibility index (Phi) is 5.60. The largest absolute Gasteiger partial charge is 0.336 e. The monoisotopic (exact) mass is 379 g/mol. The van der Waals surface area contributed by atoms with Crippen molar-refractivity contribution in [3.05, 3.63) is 35.6 Å². The van der Waals surface area contributed by atoms with E-state index in [2.05, 4.69) is 15.5 Å². The maximum atomic E-state index is 12.2. The number of thioether (sulfide) groups is 1. The Hall–Kier alpha value is -2.06. The second kappa shape index (κ2) is 7.88. The maximum absolute atomic E-state index is 12.2. The minimum absolute atomic E-state index is 0.0417. The number of rotatable bonds is 7. The van der Waals surface area contributed by atoms with Gasteiger partial charge >= 0.3 is 0 Å². The van der Waals surface area contributed by atoms with E-state index in [0.717, 1.165) is 18.0 Å². The summed E-state index contributed by atoms with van der Waals surface area (Å²) < 4.78 is 2.00. The molecule has 1 aliphatic rings. The van der Waals surface area contributed by atoms with E-state index in [-0.39, 0.29) is 24.1 Å². The number of aromatic nitrogens is 3. The van der Waals surface area contributed by atoms with E-state index in [4.69, 9.17) is 11.6 Å². The third-order valence-corrected chi connectivity index (χ3v) is 5.03. The molecule has 0 spiro atoms. The Balaban J connectivity index is 1.48. The molecule has 0 unspecified atom stereocenters. The summed E-state index contributed by atoms with van der Waals surface area (Å²) in [5, 5.41) is 11.8. The Morgan fingerprint density at radius 1 is 1.40 bits per heavy atom. The Morgan fingerprint density at radius 2 is 2.16 bits per heavy atom. The zero-order valence-electron chi connectivity index (χ0n) is 13.7. The highest BCUT2D eigenvalue weighted by atomic mass is 35.5. The third-order valence-electron chi connectivity index (χ3n) is 3.76. The standard InChI is InChI=1S/C16H18ClN5O2S/c1-21(8-14(23)19-13-5-3-2-4-12(13)17)15(24)9-25-16-20-18-10-22(16)11-6-7-11/h2-5,10-11H,6-9H2,1H3,(H,19,23).